The van der Waals surface area contributed by atoms with E-state index < -0.39 is 10.5 Å². The number of hydrogen-bond donors (Lipinski definition) is 1. The predicted octanol–water partition coefficient (Wildman–Crippen LogP) is 1.51. The van der Waals surface area contributed by atoms with Crippen molar-refractivity contribution >= 4 is 11.5 Å². The van der Waals surface area contributed by atoms with Gasteiger partial charge >= 0.3 is 0 Å². The molecule has 0 aliphatic carbocycles. The van der Waals surface area contributed by atoms with Crippen LogP contribution in [0.4, 0.5) is 11.5 Å². The van der Waals surface area contributed by atoms with Crippen molar-refractivity contribution < 1.29 is 10.0 Å². The van der Waals surface area contributed by atoms with E-state index in [-0.39, 0.29) is 12.3 Å². The Morgan fingerprint density at radius 3 is 2.59 bits per heavy atom. The predicted molar refractivity (Wildman–Crippen MR) is 65.2 cm³/mol. The second-order valence-electron chi connectivity index (χ2n) is 4.62. The molecule has 1 aromatic heterocycles. The number of nitro groups is 1. The van der Waals surface area contributed by atoms with Crippen LogP contribution < -0.4 is 4.90 Å². The van der Waals surface area contributed by atoms with E-state index in [1.54, 1.807) is 14.0 Å². The molecule has 0 radical (unpaired) electrons. The number of pyridine rings is 1. The summed E-state index contributed by atoms with van der Waals surface area (Å²) in [6, 6.07) is 1.48. The van der Waals surface area contributed by atoms with Crippen molar-refractivity contribution in [3.05, 3.63) is 27.9 Å². The summed E-state index contributed by atoms with van der Waals surface area (Å²) in [6.45, 7) is 5.48. The summed E-state index contributed by atoms with van der Waals surface area (Å²) in [5.74, 6) is 0.634. The van der Waals surface area contributed by atoms with Crippen LogP contribution >= 0.6 is 0 Å². The third kappa shape index (κ3) is 2.71. The van der Waals surface area contributed by atoms with E-state index in [4.69, 9.17) is 0 Å². The maximum Gasteiger partial charge on any atom is 0.287 e. The maximum atomic E-state index is 10.6. The van der Waals surface area contributed by atoms with Gasteiger partial charge in [0.2, 0.25) is 0 Å². The van der Waals surface area contributed by atoms with Gasteiger partial charge in [0, 0.05) is 13.1 Å². The minimum absolute atomic E-state index is 0.0262. The van der Waals surface area contributed by atoms with Gasteiger partial charge in [-0.25, -0.2) is 4.98 Å². The van der Waals surface area contributed by atoms with Gasteiger partial charge < -0.3 is 10.0 Å². The molecule has 6 nitrogen and oxygen atoms in total. The molecule has 0 aliphatic rings. The van der Waals surface area contributed by atoms with Gasteiger partial charge in [0.15, 0.2) is 0 Å². The topological polar surface area (TPSA) is 79.5 Å². The van der Waals surface area contributed by atoms with Gasteiger partial charge in [-0.15, -0.1) is 0 Å². The Labute approximate surface area is 100 Å². The Morgan fingerprint density at radius 1 is 1.59 bits per heavy atom. The lowest BCUT2D eigenvalue weighted by atomic mass is 10.0. The fourth-order valence-corrected chi connectivity index (χ4v) is 1.40. The first kappa shape index (κ1) is 13.4. The Morgan fingerprint density at radius 2 is 2.18 bits per heavy atom. The average Bonchev–Trinajstić information content (AvgIpc) is 2.27. The number of aliphatic hydroxyl groups is 1. The summed E-state index contributed by atoms with van der Waals surface area (Å²) in [6.07, 6.45) is 1.23. The standard InChI is InChI=1S/C11H17N3O3/c1-8-5-9(14(16)17)6-12-10(8)13(4)11(2,3)7-15/h5-6,15H,7H2,1-4H3. The highest BCUT2D eigenvalue weighted by Gasteiger charge is 2.25. The molecule has 1 heterocycles. The van der Waals surface area contributed by atoms with Crippen molar-refractivity contribution in [2.75, 3.05) is 18.6 Å². The average molecular weight is 239 g/mol. The molecular formula is C11H17N3O3. The van der Waals surface area contributed by atoms with Crippen molar-refractivity contribution in [1.29, 1.82) is 0 Å². The summed E-state index contributed by atoms with van der Waals surface area (Å²) in [5.41, 5.74) is 0.220. The van der Waals surface area contributed by atoms with E-state index in [1.807, 2.05) is 18.7 Å². The minimum Gasteiger partial charge on any atom is -0.394 e. The first-order valence-electron chi connectivity index (χ1n) is 5.25. The molecule has 0 amide bonds. The molecule has 1 rings (SSSR count). The lowest BCUT2D eigenvalue weighted by Crippen LogP contribution is -2.45. The van der Waals surface area contributed by atoms with Crippen LogP contribution in [-0.2, 0) is 0 Å². The molecular weight excluding hydrogens is 222 g/mol. The molecule has 0 spiro atoms. The van der Waals surface area contributed by atoms with Crippen LogP contribution in [0.5, 0.6) is 0 Å². The zero-order valence-corrected chi connectivity index (χ0v) is 10.5. The number of nitrogens with zero attached hydrogens (tertiary/aromatic N) is 3. The Hall–Kier alpha value is -1.69. The molecule has 0 aliphatic heterocycles. The molecule has 0 aromatic carbocycles. The molecule has 0 unspecified atom stereocenters. The van der Waals surface area contributed by atoms with Crippen LogP contribution in [-0.4, -0.2) is 34.2 Å². The quantitative estimate of drug-likeness (QED) is 0.636. The Balaban J connectivity index is 3.12. The van der Waals surface area contributed by atoms with Crippen LogP contribution in [0.1, 0.15) is 19.4 Å². The fraction of sp³-hybridized carbons (Fsp3) is 0.545. The SMILES string of the molecule is Cc1cc([N+](=O)[O-])cnc1N(C)C(C)(C)CO. The normalized spacial score (nSPS) is 11.4. The van der Waals surface area contributed by atoms with Crippen molar-refractivity contribution in [2.24, 2.45) is 0 Å². The monoisotopic (exact) mass is 239 g/mol. The zero-order chi connectivity index (χ0) is 13.2. The lowest BCUT2D eigenvalue weighted by molar-refractivity contribution is -0.385. The lowest BCUT2D eigenvalue weighted by Gasteiger charge is -2.35. The van der Waals surface area contributed by atoms with Gasteiger partial charge in [0.1, 0.15) is 12.0 Å². The van der Waals surface area contributed by atoms with Crippen LogP contribution in [0.2, 0.25) is 0 Å². The first-order chi connectivity index (χ1) is 7.79. The van der Waals surface area contributed by atoms with Crippen LogP contribution in [0, 0.1) is 17.0 Å². The summed E-state index contributed by atoms with van der Waals surface area (Å²) >= 11 is 0. The number of aromatic nitrogens is 1. The van der Waals surface area contributed by atoms with E-state index in [9.17, 15) is 15.2 Å². The van der Waals surface area contributed by atoms with Crippen molar-refractivity contribution in [1.82, 2.24) is 4.98 Å². The third-order valence-corrected chi connectivity index (χ3v) is 2.86. The highest BCUT2D eigenvalue weighted by Crippen LogP contribution is 2.25. The molecule has 1 N–H and O–H groups in total. The third-order valence-electron chi connectivity index (χ3n) is 2.86. The summed E-state index contributed by atoms with van der Waals surface area (Å²) in [7, 11) is 1.80. The smallest absolute Gasteiger partial charge is 0.287 e. The fourth-order valence-electron chi connectivity index (χ4n) is 1.40. The number of hydrogen-bond acceptors (Lipinski definition) is 5. The number of anilines is 1. The first-order valence-corrected chi connectivity index (χ1v) is 5.25. The second kappa shape index (κ2) is 4.67. The van der Waals surface area contributed by atoms with Crippen molar-refractivity contribution in [2.45, 2.75) is 26.3 Å². The van der Waals surface area contributed by atoms with Crippen LogP contribution in [0.15, 0.2) is 12.3 Å². The zero-order valence-electron chi connectivity index (χ0n) is 10.5. The summed E-state index contributed by atoms with van der Waals surface area (Å²) < 4.78 is 0. The van der Waals surface area contributed by atoms with Gasteiger partial charge in [-0.3, -0.25) is 10.1 Å². The van der Waals surface area contributed by atoms with E-state index in [1.165, 1.54) is 12.3 Å². The molecule has 94 valence electrons. The Bertz CT molecular complexity index is 432. The second-order valence-corrected chi connectivity index (χ2v) is 4.62. The van der Waals surface area contributed by atoms with Gasteiger partial charge in [0.25, 0.3) is 5.69 Å². The van der Waals surface area contributed by atoms with Crippen LogP contribution in [0.25, 0.3) is 0 Å². The number of likely N-dealkylation sites (N-methyl/N-ethyl adjacent to an activating group) is 1. The highest BCUT2D eigenvalue weighted by atomic mass is 16.6. The molecule has 6 heteroatoms. The van der Waals surface area contributed by atoms with Gasteiger partial charge in [0.05, 0.1) is 17.1 Å². The van der Waals surface area contributed by atoms with Gasteiger partial charge in [-0.2, -0.15) is 0 Å². The van der Waals surface area contributed by atoms with Crippen molar-refractivity contribution in [3.8, 4) is 0 Å². The minimum atomic E-state index is -0.471. The molecule has 0 saturated heterocycles. The molecule has 0 fully saturated rings. The number of aryl methyl sites for hydroxylation is 1. The summed E-state index contributed by atoms with van der Waals surface area (Å²) in [4.78, 5) is 16.0. The van der Waals surface area contributed by atoms with Gasteiger partial charge in [-0.05, 0) is 26.3 Å². The number of aliphatic hydroxyl groups excluding tert-OH is 1. The number of rotatable bonds is 4. The largest absolute Gasteiger partial charge is 0.394 e. The van der Waals surface area contributed by atoms with Gasteiger partial charge in [-0.1, -0.05) is 0 Å². The summed E-state index contributed by atoms with van der Waals surface area (Å²) in [5, 5.41) is 19.9. The molecule has 17 heavy (non-hydrogen) atoms. The molecule has 1 aromatic rings. The van der Waals surface area contributed by atoms with E-state index in [0.29, 0.717) is 11.4 Å². The van der Waals surface area contributed by atoms with Crippen molar-refractivity contribution in [3.63, 3.8) is 0 Å². The maximum absolute atomic E-state index is 10.6. The van der Waals surface area contributed by atoms with E-state index in [2.05, 4.69) is 4.98 Å². The highest BCUT2D eigenvalue weighted by molar-refractivity contribution is 5.51. The molecule has 0 bridgehead atoms. The van der Waals surface area contributed by atoms with E-state index in [0.717, 1.165) is 0 Å². The Kier molecular flexibility index (Phi) is 3.67. The van der Waals surface area contributed by atoms with E-state index >= 15 is 0 Å². The van der Waals surface area contributed by atoms with Crippen LogP contribution in [0.3, 0.4) is 0 Å². The molecule has 0 atom stereocenters. The molecule has 0 saturated carbocycles.